The van der Waals surface area contributed by atoms with E-state index in [1.54, 1.807) is 0 Å². The average molecular weight is 278 g/mol. The highest BCUT2D eigenvalue weighted by Gasteiger charge is 2.20. The van der Waals surface area contributed by atoms with Gasteiger partial charge >= 0.3 is 5.97 Å². The number of nitrogens with zero attached hydrogens (tertiary/aromatic N) is 1. The summed E-state index contributed by atoms with van der Waals surface area (Å²) in [5, 5.41) is 2.08. The molecule has 0 bridgehead atoms. The van der Waals surface area contributed by atoms with Gasteiger partial charge in [0.2, 0.25) is 11.6 Å². The van der Waals surface area contributed by atoms with Gasteiger partial charge in [0.1, 0.15) is 12.3 Å². The molecule has 0 unspecified atom stereocenters. The van der Waals surface area contributed by atoms with Crippen molar-refractivity contribution < 1.29 is 27.1 Å². The highest BCUT2D eigenvalue weighted by atomic mass is 19.2. The van der Waals surface area contributed by atoms with Crippen LogP contribution in [0.25, 0.3) is 0 Å². The molecule has 8 heteroatoms. The fourth-order valence-electron chi connectivity index (χ4n) is 1.09. The van der Waals surface area contributed by atoms with Gasteiger partial charge in [-0.2, -0.15) is 22.5 Å². The molecule has 1 aromatic rings. The summed E-state index contributed by atoms with van der Waals surface area (Å²) < 4.78 is 56.3. The number of hydrogen-bond acceptors (Lipinski definition) is 4. The van der Waals surface area contributed by atoms with Gasteiger partial charge < -0.3 is 10.1 Å². The first-order valence-electron chi connectivity index (χ1n) is 5.11. The first-order valence-corrected chi connectivity index (χ1v) is 5.11. The number of anilines is 1. The van der Waals surface area contributed by atoms with Crippen molar-refractivity contribution >= 4 is 11.7 Å². The normalized spacial score (nSPS) is 10.2. The third kappa shape index (κ3) is 3.67. The number of aromatic nitrogens is 1. The fourth-order valence-corrected chi connectivity index (χ4v) is 1.09. The lowest BCUT2D eigenvalue weighted by Crippen LogP contribution is -2.16. The summed E-state index contributed by atoms with van der Waals surface area (Å²) in [5.74, 6) is -7.51. The Bertz CT molecular complexity index is 494. The number of carbonyl (C=O) groups is 1. The Morgan fingerprint density at radius 3 is 2.26 bits per heavy atom. The molecular weight excluding hydrogens is 268 g/mol. The third-order valence-electron chi connectivity index (χ3n) is 1.98. The molecule has 0 atom stereocenters. The summed E-state index contributed by atoms with van der Waals surface area (Å²) in [5.41, 5.74) is -0.852. The number of carbonyl (C=O) groups excluding carboxylic acids is 1. The Labute approximate surface area is 106 Å². The van der Waals surface area contributed by atoms with Crippen LogP contribution in [-0.2, 0) is 9.53 Å². The van der Waals surface area contributed by atoms with Crippen molar-refractivity contribution in [3.05, 3.63) is 35.7 Å². The molecule has 0 fully saturated rings. The van der Waals surface area contributed by atoms with Gasteiger partial charge in [0, 0.05) is 12.1 Å². The number of ether oxygens (including phenoxy) is 1. The highest BCUT2D eigenvalue weighted by molar-refractivity contribution is 5.86. The van der Waals surface area contributed by atoms with Crippen LogP contribution >= 0.6 is 0 Å². The Balaban J connectivity index is 2.64. The monoisotopic (exact) mass is 278 g/mol. The molecule has 0 aromatic carbocycles. The summed E-state index contributed by atoms with van der Waals surface area (Å²) >= 11 is 0. The summed E-state index contributed by atoms with van der Waals surface area (Å²) in [7, 11) is 0. The molecule has 0 amide bonds. The molecule has 0 radical (unpaired) electrons. The van der Waals surface area contributed by atoms with Gasteiger partial charge in [-0.3, -0.25) is 0 Å². The first kappa shape index (κ1) is 14.9. The summed E-state index contributed by atoms with van der Waals surface area (Å²) in [6.07, 6.45) is 0. The largest absolute Gasteiger partial charge is 0.460 e. The number of rotatable bonds is 5. The lowest BCUT2D eigenvalue weighted by molar-refractivity contribution is -0.138. The maximum absolute atomic E-state index is 13.1. The second-order valence-electron chi connectivity index (χ2n) is 3.54. The summed E-state index contributed by atoms with van der Waals surface area (Å²) in [4.78, 5) is 13.4. The zero-order valence-corrected chi connectivity index (χ0v) is 9.90. The van der Waals surface area contributed by atoms with Crippen LogP contribution in [0, 0.1) is 23.5 Å². The predicted molar refractivity (Wildman–Crippen MR) is 58.3 cm³/mol. The third-order valence-corrected chi connectivity index (χ3v) is 1.98. The standard InChI is InChI=1S/C11H10F4N2O2/c1-5(2)11(18)19-4-3-16-8-6(12)9(14)17-10(15)7(8)13/h1,3-4H2,2H3,(H,16,17). The lowest BCUT2D eigenvalue weighted by Gasteiger charge is -2.09. The van der Waals surface area contributed by atoms with E-state index in [0.29, 0.717) is 0 Å². The molecule has 1 heterocycles. The smallest absolute Gasteiger partial charge is 0.333 e. The van der Waals surface area contributed by atoms with Gasteiger partial charge in [-0.15, -0.1) is 0 Å². The topological polar surface area (TPSA) is 51.2 Å². The van der Waals surface area contributed by atoms with E-state index in [2.05, 4.69) is 21.6 Å². The molecule has 19 heavy (non-hydrogen) atoms. The SMILES string of the molecule is C=C(C)C(=O)OCCNc1c(F)c(F)nc(F)c1F. The van der Waals surface area contributed by atoms with Crippen LogP contribution in [0.5, 0.6) is 0 Å². The average Bonchev–Trinajstić information content (AvgIpc) is 2.35. The van der Waals surface area contributed by atoms with Gasteiger partial charge in [0.25, 0.3) is 11.9 Å². The van der Waals surface area contributed by atoms with E-state index in [1.165, 1.54) is 6.92 Å². The van der Waals surface area contributed by atoms with Gasteiger partial charge in [-0.05, 0) is 6.92 Å². The van der Waals surface area contributed by atoms with Crippen molar-refractivity contribution in [1.29, 1.82) is 0 Å². The van der Waals surface area contributed by atoms with E-state index in [-0.39, 0.29) is 18.7 Å². The van der Waals surface area contributed by atoms with Crippen LogP contribution in [0.2, 0.25) is 0 Å². The number of pyridine rings is 1. The van der Waals surface area contributed by atoms with Crippen molar-refractivity contribution in [2.75, 3.05) is 18.5 Å². The minimum Gasteiger partial charge on any atom is -0.460 e. The Kier molecular flexibility index (Phi) is 4.85. The first-order chi connectivity index (χ1) is 8.84. The van der Waals surface area contributed by atoms with E-state index >= 15 is 0 Å². The van der Waals surface area contributed by atoms with E-state index in [9.17, 15) is 22.4 Å². The van der Waals surface area contributed by atoms with Crippen molar-refractivity contribution in [3.63, 3.8) is 0 Å². The van der Waals surface area contributed by atoms with Crippen molar-refractivity contribution in [2.24, 2.45) is 0 Å². The number of halogens is 4. The predicted octanol–water partition coefficient (Wildman–Crippen LogP) is 2.17. The van der Waals surface area contributed by atoms with E-state index in [0.717, 1.165) is 0 Å². The van der Waals surface area contributed by atoms with Crippen LogP contribution < -0.4 is 5.32 Å². The molecule has 104 valence electrons. The molecule has 4 nitrogen and oxygen atoms in total. The lowest BCUT2D eigenvalue weighted by atomic mass is 10.3. The van der Waals surface area contributed by atoms with Gasteiger partial charge in [-0.1, -0.05) is 6.58 Å². The minimum atomic E-state index is -1.76. The highest BCUT2D eigenvalue weighted by Crippen LogP contribution is 2.21. The maximum Gasteiger partial charge on any atom is 0.333 e. The second kappa shape index (κ2) is 6.17. The molecular formula is C11H10F4N2O2. The fraction of sp³-hybridized carbons (Fsp3) is 0.273. The zero-order chi connectivity index (χ0) is 14.6. The van der Waals surface area contributed by atoms with E-state index in [4.69, 9.17) is 0 Å². The molecule has 0 aliphatic heterocycles. The van der Waals surface area contributed by atoms with Crippen molar-refractivity contribution in [2.45, 2.75) is 6.92 Å². The summed E-state index contributed by atoms with van der Waals surface area (Å²) in [6.45, 7) is 4.25. The Morgan fingerprint density at radius 2 is 1.79 bits per heavy atom. The molecule has 1 N–H and O–H groups in total. The minimum absolute atomic E-state index is 0.151. The van der Waals surface area contributed by atoms with E-state index in [1.807, 2.05) is 0 Å². The van der Waals surface area contributed by atoms with Gasteiger partial charge in [0.15, 0.2) is 0 Å². The van der Waals surface area contributed by atoms with Crippen LogP contribution in [0.1, 0.15) is 6.92 Å². The Morgan fingerprint density at radius 1 is 1.26 bits per heavy atom. The van der Waals surface area contributed by atoms with Crippen molar-refractivity contribution in [3.8, 4) is 0 Å². The Hall–Kier alpha value is -2.12. The molecule has 0 aliphatic rings. The molecule has 0 aliphatic carbocycles. The summed E-state index contributed by atoms with van der Waals surface area (Å²) in [6, 6.07) is 0. The van der Waals surface area contributed by atoms with Crippen molar-refractivity contribution in [1.82, 2.24) is 4.98 Å². The number of hydrogen-bond donors (Lipinski definition) is 1. The van der Waals surface area contributed by atoms with Crippen LogP contribution in [0.3, 0.4) is 0 Å². The van der Waals surface area contributed by atoms with Gasteiger partial charge in [0.05, 0.1) is 0 Å². The molecule has 0 saturated heterocycles. The quantitative estimate of drug-likeness (QED) is 0.295. The maximum atomic E-state index is 13.1. The molecule has 1 aromatic heterocycles. The number of nitrogens with one attached hydrogen (secondary N) is 1. The zero-order valence-electron chi connectivity index (χ0n) is 9.90. The van der Waals surface area contributed by atoms with Crippen LogP contribution in [-0.4, -0.2) is 24.1 Å². The molecule has 1 rings (SSSR count). The van der Waals surface area contributed by atoms with Gasteiger partial charge in [-0.25, -0.2) is 4.79 Å². The van der Waals surface area contributed by atoms with E-state index < -0.39 is 35.2 Å². The second-order valence-corrected chi connectivity index (χ2v) is 3.54. The number of esters is 1. The van der Waals surface area contributed by atoms with Crippen LogP contribution in [0.4, 0.5) is 23.2 Å². The van der Waals surface area contributed by atoms with Crippen LogP contribution in [0.15, 0.2) is 12.2 Å². The molecule has 0 spiro atoms. The molecule has 0 saturated carbocycles.